The minimum Gasteiger partial charge on any atom is -0.497 e. The molecular weight excluding hydrogens is 612 g/mol. The van der Waals surface area contributed by atoms with Crippen LogP contribution in [0.25, 0.3) is 0 Å². The van der Waals surface area contributed by atoms with Gasteiger partial charge in [-0.3, -0.25) is 10.1 Å². The van der Waals surface area contributed by atoms with Gasteiger partial charge in [0.2, 0.25) is 0 Å². The largest absolute Gasteiger partial charge is 0.497 e. The van der Waals surface area contributed by atoms with Crippen LogP contribution in [-0.4, -0.2) is 23.1 Å². The third-order valence-corrected chi connectivity index (χ3v) is 7.58. The fourth-order valence-corrected chi connectivity index (χ4v) is 5.23. The Bertz CT molecular complexity index is 1510. The Hall–Kier alpha value is -3.80. The molecule has 202 valence electrons. The second kappa shape index (κ2) is 12.4. The average Bonchev–Trinajstić information content (AvgIpc) is 3.31. The Labute approximate surface area is 241 Å². The van der Waals surface area contributed by atoms with Gasteiger partial charge in [0.15, 0.2) is 4.88 Å². The average molecular weight is 634 g/mol. The molecule has 0 aliphatic carbocycles. The van der Waals surface area contributed by atoms with E-state index in [1.165, 1.54) is 18.2 Å². The van der Waals surface area contributed by atoms with E-state index in [0.717, 1.165) is 16.9 Å². The lowest BCUT2D eigenvalue weighted by Crippen LogP contribution is -2.06. The number of hydrogen-bond donors (Lipinski definition) is 2. The molecule has 12 heteroatoms. The number of carbonyl (C=O) groups is 1. The predicted molar refractivity (Wildman–Crippen MR) is 153 cm³/mol. The smallest absolute Gasteiger partial charge is 0.349 e. The molecule has 2 N–H and O–H groups in total. The van der Waals surface area contributed by atoms with Gasteiger partial charge in [-0.1, -0.05) is 41.9 Å². The third-order valence-electron chi connectivity index (χ3n) is 5.60. The van der Waals surface area contributed by atoms with E-state index in [1.807, 2.05) is 12.1 Å². The number of nitrogens with one attached hydrogen (secondary N) is 1. The van der Waals surface area contributed by atoms with Crippen LogP contribution in [0.1, 0.15) is 33.8 Å². The molecule has 0 aliphatic rings. The molecule has 1 aromatic heterocycles. The minimum atomic E-state index is -1.19. The monoisotopic (exact) mass is 632 g/mol. The number of ether oxygens (including phenoxy) is 3. The van der Waals surface area contributed by atoms with Crippen molar-refractivity contribution in [1.82, 2.24) is 0 Å². The molecule has 0 spiro atoms. The van der Waals surface area contributed by atoms with Crippen molar-refractivity contribution < 1.29 is 29.0 Å². The van der Waals surface area contributed by atoms with Crippen molar-refractivity contribution >= 4 is 61.2 Å². The van der Waals surface area contributed by atoms with Crippen molar-refractivity contribution in [2.75, 3.05) is 12.4 Å². The molecule has 39 heavy (non-hydrogen) atoms. The number of halogens is 2. The number of thiophene rings is 1. The van der Waals surface area contributed by atoms with Crippen LogP contribution in [0.3, 0.4) is 0 Å². The van der Waals surface area contributed by atoms with Gasteiger partial charge in [0.1, 0.15) is 35.6 Å². The zero-order chi connectivity index (χ0) is 28.1. The second-order valence-corrected chi connectivity index (χ2v) is 10.5. The summed E-state index contributed by atoms with van der Waals surface area (Å²) in [6, 6.07) is 18.7. The summed E-state index contributed by atoms with van der Waals surface area (Å²) in [6.07, 6.45) is -0.542. The van der Waals surface area contributed by atoms with E-state index in [2.05, 4.69) is 21.2 Å². The quantitative estimate of drug-likeness (QED) is 0.125. The van der Waals surface area contributed by atoms with Gasteiger partial charge in [-0.25, -0.2) is 4.79 Å². The molecule has 1 atom stereocenters. The molecule has 0 unspecified atom stereocenters. The molecule has 0 radical (unpaired) electrons. The number of rotatable bonds is 11. The molecule has 0 aliphatic heterocycles. The van der Waals surface area contributed by atoms with Gasteiger partial charge in [0.25, 0.3) is 5.69 Å². The summed E-state index contributed by atoms with van der Waals surface area (Å²) < 4.78 is 17.4. The van der Waals surface area contributed by atoms with Crippen LogP contribution >= 0.6 is 38.9 Å². The van der Waals surface area contributed by atoms with E-state index in [4.69, 9.17) is 25.8 Å². The first kappa shape index (κ1) is 28.2. The van der Waals surface area contributed by atoms with Crippen LogP contribution in [0, 0.1) is 10.1 Å². The van der Waals surface area contributed by atoms with Crippen LogP contribution in [0.15, 0.2) is 71.2 Å². The van der Waals surface area contributed by atoms with E-state index < -0.39 is 17.0 Å². The van der Waals surface area contributed by atoms with Crippen molar-refractivity contribution in [3.8, 4) is 17.2 Å². The molecular formula is C27H22BrClN2O7S. The van der Waals surface area contributed by atoms with E-state index >= 15 is 0 Å². The molecule has 9 nitrogen and oxygen atoms in total. The number of nitrogens with zero attached hydrogens (tertiary/aromatic N) is 1. The summed E-state index contributed by atoms with van der Waals surface area (Å²) in [4.78, 5) is 23.1. The minimum absolute atomic E-state index is 0.0628. The number of anilines is 2. The predicted octanol–water partition coefficient (Wildman–Crippen LogP) is 8.24. The lowest BCUT2D eigenvalue weighted by Gasteiger charge is -2.15. The van der Waals surface area contributed by atoms with Gasteiger partial charge >= 0.3 is 5.97 Å². The zero-order valence-electron chi connectivity index (χ0n) is 20.6. The van der Waals surface area contributed by atoms with Crippen molar-refractivity contribution in [3.63, 3.8) is 0 Å². The van der Waals surface area contributed by atoms with Crippen LogP contribution in [0.5, 0.6) is 17.2 Å². The maximum Gasteiger partial charge on any atom is 0.349 e. The summed E-state index contributed by atoms with van der Waals surface area (Å²) >= 11 is 10.5. The first-order chi connectivity index (χ1) is 18.7. The molecule has 0 bridgehead atoms. The molecule has 0 saturated heterocycles. The van der Waals surface area contributed by atoms with Crippen molar-refractivity contribution in [2.24, 2.45) is 0 Å². The van der Waals surface area contributed by atoms with Crippen LogP contribution < -0.4 is 19.5 Å². The number of carboxylic acids is 1. The van der Waals surface area contributed by atoms with Crippen molar-refractivity contribution in [3.05, 3.63) is 102 Å². The van der Waals surface area contributed by atoms with Gasteiger partial charge in [-0.15, -0.1) is 11.3 Å². The van der Waals surface area contributed by atoms with Gasteiger partial charge in [0, 0.05) is 28.8 Å². The van der Waals surface area contributed by atoms with Crippen LogP contribution in [0.2, 0.25) is 5.02 Å². The summed E-state index contributed by atoms with van der Waals surface area (Å²) in [5.74, 6) is -0.0119. The summed E-state index contributed by atoms with van der Waals surface area (Å²) in [5.41, 5.74) is 1.46. The maximum absolute atomic E-state index is 11.9. The normalized spacial score (nSPS) is 11.5. The molecule has 0 amide bonds. The van der Waals surface area contributed by atoms with E-state index in [0.29, 0.717) is 31.6 Å². The molecule has 0 saturated carbocycles. The van der Waals surface area contributed by atoms with Crippen molar-refractivity contribution in [1.29, 1.82) is 0 Å². The number of nitro benzene ring substituents is 1. The highest BCUT2D eigenvalue weighted by molar-refractivity contribution is 9.10. The molecule has 1 heterocycles. The molecule has 4 aromatic rings. The Balaban J connectivity index is 1.60. The number of methoxy groups -OCH3 is 1. The Morgan fingerprint density at radius 3 is 2.51 bits per heavy atom. The number of aromatic carboxylic acids is 1. The SMILES string of the molecule is COc1ccc(COc2cc(Nc3cc(O[C@H](C)c4ccccc4Cl)c(C(=O)O)s3)c([N+](=O)[O-])cc2Br)cc1. The van der Waals surface area contributed by atoms with Crippen LogP contribution in [0.4, 0.5) is 16.4 Å². The Kier molecular flexibility index (Phi) is 8.95. The highest BCUT2D eigenvalue weighted by atomic mass is 79.9. The molecule has 3 aromatic carbocycles. The fourth-order valence-electron chi connectivity index (χ4n) is 3.65. The maximum atomic E-state index is 11.9. The number of benzene rings is 3. The highest BCUT2D eigenvalue weighted by Gasteiger charge is 2.23. The highest BCUT2D eigenvalue weighted by Crippen LogP contribution is 2.42. The second-order valence-electron chi connectivity index (χ2n) is 8.21. The topological polar surface area (TPSA) is 120 Å². The Morgan fingerprint density at radius 2 is 1.87 bits per heavy atom. The molecule has 4 rings (SSSR count). The summed E-state index contributed by atoms with van der Waals surface area (Å²) in [6.45, 7) is 1.96. The van der Waals surface area contributed by atoms with E-state index in [-0.39, 0.29) is 28.6 Å². The lowest BCUT2D eigenvalue weighted by atomic mass is 10.1. The summed E-state index contributed by atoms with van der Waals surface area (Å²) in [7, 11) is 1.58. The first-order valence-corrected chi connectivity index (χ1v) is 13.4. The lowest BCUT2D eigenvalue weighted by molar-refractivity contribution is -0.384. The van der Waals surface area contributed by atoms with Crippen LogP contribution in [-0.2, 0) is 6.61 Å². The number of hydrogen-bond acceptors (Lipinski definition) is 8. The number of carboxylic acid groups (broad SMARTS) is 1. The first-order valence-electron chi connectivity index (χ1n) is 11.4. The fraction of sp³-hybridized carbons (Fsp3) is 0.148. The summed E-state index contributed by atoms with van der Waals surface area (Å²) in [5, 5.41) is 25.3. The standard InChI is InChI=1S/C27H22BrClN2O7S/c1-15(18-5-3-4-6-20(18)29)38-24-13-25(39-26(24)27(32)33)30-21-12-23(19(28)11-22(21)31(34)35)37-14-16-7-9-17(36-2)10-8-16/h3-13,15,30H,14H2,1-2H3,(H,32,33)/t15-/m1/s1. The molecule has 0 fully saturated rings. The third kappa shape index (κ3) is 6.80. The van der Waals surface area contributed by atoms with E-state index in [1.54, 1.807) is 50.4 Å². The van der Waals surface area contributed by atoms with E-state index in [9.17, 15) is 20.0 Å². The van der Waals surface area contributed by atoms with Gasteiger partial charge in [-0.05, 0) is 46.6 Å². The number of nitro groups is 1. The van der Waals surface area contributed by atoms with Gasteiger partial charge < -0.3 is 24.6 Å². The van der Waals surface area contributed by atoms with Crippen molar-refractivity contribution in [2.45, 2.75) is 19.6 Å². The van der Waals surface area contributed by atoms with Gasteiger partial charge in [0.05, 0.1) is 21.5 Å². The zero-order valence-corrected chi connectivity index (χ0v) is 23.8. The Morgan fingerprint density at radius 1 is 1.15 bits per heavy atom. The van der Waals surface area contributed by atoms with Gasteiger partial charge in [-0.2, -0.15) is 0 Å².